The van der Waals surface area contributed by atoms with Crippen molar-refractivity contribution in [3.63, 3.8) is 0 Å². The zero-order chi connectivity index (χ0) is 14.3. The Morgan fingerprint density at radius 3 is 2.68 bits per heavy atom. The first-order valence-corrected chi connectivity index (χ1v) is 5.56. The number of nitrogens with one attached hydrogen (secondary N) is 1. The van der Waals surface area contributed by atoms with Crippen LogP contribution in [0.4, 0.5) is 0 Å². The zero-order valence-corrected chi connectivity index (χ0v) is 11.3. The third-order valence-corrected chi connectivity index (χ3v) is 1.99. The van der Waals surface area contributed by atoms with Crippen molar-refractivity contribution in [2.75, 3.05) is 14.2 Å². The summed E-state index contributed by atoms with van der Waals surface area (Å²) in [6, 6.07) is 1.60. The highest BCUT2D eigenvalue weighted by molar-refractivity contribution is 6.45. The summed E-state index contributed by atoms with van der Waals surface area (Å²) in [5, 5.41) is 10.0. The first-order chi connectivity index (χ1) is 9.10. The molecule has 7 nitrogen and oxygen atoms in total. The normalized spacial score (nSPS) is 10.6. The van der Waals surface area contributed by atoms with Crippen LogP contribution in [0.3, 0.4) is 0 Å². The van der Waals surface area contributed by atoms with E-state index in [4.69, 9.17) is 4.84 Å². The highest BCUT2D eigenvalue weighted by Gasteiger charge is 2.18. The average molecular weight is 264 g/mol. The summed E-state index contributed by atoms with van der Waals surface area (Å²) in [7, 11) is 2.86. The van der Waals surface area contributed by atoms with Crippen molar-refractivity contribution >= 4 is 17.3 Å². The Hall–Kier alpha value is -2.44. The molecule has 0 aromatic carbocycles. The van der Waals surface area contributed by atoms with E-state index in [1.807, 2.05) is 0 Å². The maximum atomic E-state index is 11.8. The Bertz CT molecular complexity index is 507. The lowest BCUT2D eigenvalue weighted by Crippen LogP contribution is -2.29. The Balaban J connectivity index is 3.20. The second kappa shape index (κ2) is 7.10. The highest BCUT2D eigenvalue weighted by atomic mass is 16.6. The van der Waals surface area contributed by atoms with Gasteiger partial charge in [0.25, 0.3) is 5.91 Å². The van der Waals surface area contributed by atoms with Gasteiger partial charge in [0.15, 0.2) is 11.5 Å². The number of carbonyl (C=O) groups excluding carboxylic acids is 1. The van der Waals surface area contributed by atoms with E-state index < -0.39 is 5.91 Å². The summed E-state index contributed by atoms with van der Waals surface area (Å²) < 4.78 is 0. The molecule has 1 rings (SSSR count). The summed E-state index contributed by atoms with van der Waals surface area (Å²) in [6.07, 6.45) is 2.98. The second-order valence-corrected chi connectivity index (χ2v) is 3.70. The molecule has 1 amide bonds. The molecule has 7 heteroatoms. The Morgan fingerprint density at radius 2 is 2.11 bits per heavy atom. The maximum absolute atomic E-state index is 11.8. The van der Waals surface area contributed by atoms with E-state index in [0.717, 1.165) is 5.71 Å². The lowest BCUT2D eigenvalue weighted by atomic mass is 10.1. The fourth-order valence-electron chi connectivity index (χ4n) is 1.21. The van der Waals surface area contributed by atoms with Crippen molar-refractivity contribution < 1.29 is 14.5 Å². The molecule has 1 aromatic rings. The van der Waals surface area contributed by atoms with Gasteiger partial charge in [-0.1, -0.05) is 10.3 Å². The van der Waals surface area contributed by atoms with Gasteiger partial charge in [-0.2, -0.15) is 0 Å². The summed E-state index contributed by atoms with van der Waals surface area (Å²) in [6.45, 7) is 3.58. The first-order valence-electron chi connectivity index (χ1n) is 5.56. The molecular weight excluding hydrogens is 248 g/mol. The fraction of sp³-hybridized carbons (Fsp3) is 0.333. The Morgan fingerprint density at radius 1 is 1.37 bits per heavy atom. The van der Waals surface area contributed by atoms with Crippen LogP contribution in [-0.4, -0.2) is 36.5 Å². The van der Waals surface area contributed by atoms with Crippen LogP contribution in [-0.2, 0) is 9.63 Å². The number of likely N-dealkylation sites (N-methyl/N-ethyl adjacent to an activating group) is 1. The predicted octanol–water partition coefficient (Wildman–Crippen LogP) is 0.953. The monoisotopic (exact) mass is 264 g/mol. The topological polar surface area (TPSA) is 85.2 Å². The minimum absolute atomic E-state index is 0.0892. The minimum Gasteiger partial charge on any atom is -0.398 e. The number of hydrogen-bond donors (Lipinski definition) is 1. The lowest BCUT2D eigenvalue weighted by molar-refractivity contribution is -0.114. The Labute approximate surface area is 111 Å². The number of nitrogens with zero attached hydrogens (tertiary/aromatic N) is 3. The molecule has 0 aliphatic rings. The summed E-state index contributed by atoms with van der Waals surface area (Å²) >= 11 is 0. The largest absolute Gasteiger partial charge is 0.398 e. The van der Waals surface area contributed by atoms with Gasteiger partial charge in [-0.25, -0.2) is 0 Å². The average Bonchev–Trinajstić information content (AvgIpc) is 2.42. The molecule has 0 bridgehead atoms. The number of oxime groups is 2. The van der Waals surface area contributed by atoms with Gasteiger partial charge in [-0.05, 0) is 19.9 Å². The molecule has 19 heavy (non-hydrogen) atoms. The van der Waals surface area contributed by atoms with Gasteiger partial charge in [0.2, 0.25) is 0 Å². The number of rotatable bonds is 5. The lowest BCUT2D eigenvalue weighted by Gasteiger charge is -2.08. The number of aromatic nitrogens is 1. The van der Waals surface area contributed by atoms with Crippen LogP contribution in [0.1, 0.15) is 19.4 Å². The molecule has 0 fully saturated rings. The number of carbonyl (C=O) groups is 1. The molecule has 0 unspecified atom stereocenters. The molecule has 0 aliphatic carbocycles. The van der Waals surface area contributed by atoms with Crippen LogP contribution < -0.4 is 10.2 Å². The van der Waals surface area contributed by atoms with Crippen molar-refractivity contribution in [3.05, 3.63) is 24.0 Å². The third-order valence-electron chi connectivity index (χ3n) is 1.99. The van der Waals surface area contributed by atoms with Gasteiger partial charge in [0.1, 0.15) is 7.11 Å². The SMILES string of the molecule is CNC(=O)/C(=N\OC)c1ccncc1ON=C(C)C. The van der Waals surface area contributed by atoms with E-state index >= 15 is 0 Å². The van der Waals surface area contributed by atoms with Crippen molar-refractivity contribution in [1.29, 1.82) is 0 Å². The van der Waals surface area contributed by atoms with Gasteiger partial charge >= 0.3 is 0 Å². The number of amides is 1. The molecule has 0 saturated heterocycles. The van der Waals surface area contributed by atoms with Crippen LogP contribution >= 0.6 is 0 Å². The molecule has 1 N–H and O–H groups in total. The van der Waals surface area contributed by atoms with Crippen LogP contribution in [0, 0.1) is 0 Å². The maximum Gasteiger partial charge on any atom is 0.273 e. The molecule has 1 heterocycles. The fourth-order valence-corrected chi connectivity index (χ4v) is 1.21. The summed E-state index contributed by atoms with van der Waals surface area (Å²) in [4.78, 5) is 25.6. The summed E-state index contributed by atoms with van der Waals surface area (Å²) in [5.74, 6) is -0.0711. The molecule has 0 saturated carbocycles. The zero-order valence-electron chi connectivity index (χ0n) is 11.3. The molecule has 0 aliphatic heterocycles. The van der Waals surface area contributed by atoms with Gasteiger partial charge in [-0.3, -0.25) is 9.78 Å². The molecular formula is C12H16N4O3. The van der Waals surface area contributed by atoms with E-state index in [-0.39, 0.29) is 5.71 Å². The van der Waals surface area contributed by atoms with E-state index in [2.05, 4.69) is 25.4 Å². The number of pyridine rings is 1. The smallest absolute Gasteiger partial charge is 0.273 e. The molecule has 0 radical (unpaired) electrons. The first kappa shape index (κ1) is 14.6. The second-order valence-electron chi connectivity index (χ2n) is 3.70. The van der Waals surface area contributed by atoms with Gasteiger partial charge in [0.05, 0.1) is 17.5 Å². The molecule has 0 spiro atoms. The Kier molecular flexibility index (Phi) is 5.46. The van der Waals surface area contributed by atoms with E-state index in [1.165, 1.54) is 26.6 Å². The summed E-state index contributed by atoms with van der Waals surface area (Å²) in [5.41, 5.74) is 1.27. The standard InChI is InChI=1S/C12H16N4O3/c1-8(2)15-19-10-7-14-6-5-9(10)11(16-18-4)12(17)13-3/h5-7H,1-4H3,(H,13,17)/b16-11-. The molecule has 102 valence electrons. The molecule has 0 atom stereocenters. The van der Waals surface area contributed by atoms with Crippen LogP contribution in [0.25, 0.3) is 0 Å². The highest BCUT2D eigenvalue weighted by Crippen LogP contribution is 2.18. The third kappa shape index (κ3) is 4.06. The van der Waals surface area contributed by atoms with E-state index in [1.54, 1.807) is 19.9 Å². The van der Waals surface area contributed by atoms with Crippen molar-refractivity contribution in [3.8, 4) is 5.75 Å². The van der Waals surface area contributed by atoms with E-state index in [0.29, 0.717) is 11.3 Å². The van der Waals surface area contributed by atoms with Crippen LogP contribution in [0.15, 0.2) is 28.8 Å². The number of hydrogen-bond acceptors (Lipinski definition) is 6. The van der Waals surface area contributed by atoms with Crippen molar-refractivity contribution in [1.82, 2.24) is 10.3 Å². The minimum atomic E-state index is -0.393. The quantitative estimate of drug-likeness (QED) is 0.634. The van der Waals surface area contributed by atoms with Crippen LogP contribution in [0.2, 0.25) is 0 Å². The predicted molar refractivity (Wildman–Crippen MR) is 71.3 cm³/mol. The van der Waals surface area contributed by atoms with Crippen molar-refractivity contribution in [2.45, 2.75) is 13.8 Å². The van der Waals surface area contributed by atoms with Gasteiger partial charge < -0.3 is 15.0 Å². The molecule has 1 aromatic heterocycles. The van der Waals surface area contributed by atoms with E-state index in [9.17, 15) is 4.79 Å². The van der Waals surface area contributed by atoms with Crippen molar-refractivity contribution in [2.24, 2.45) is 10.3 Å². The van der Waals surface area contributed by atoms with Gasteiger partial charge in [-0.15, -0.1) is 0 Å². The van der Waals surface area contributed by atoms with Crippen LogP contribution in [0.5, 0.6) is 5.75 Å². The van der Waals surface area contributed by atoms with Gasteiger partial charge in [0, 0.05) is 13.2 Å².